The Morgan fingerprint density at radius 3 is 2.41 bits per heavy atom. The van der Waals surface area contributed by atoms with Gasteiger partial charge in [0, 0.05) is 16.6 Å². The van der Waals surface area contributed by atoms with Crippen LogP contribution in [0, 0.1) is 12.8 Å². The highest BCUT2D eigenvalue weighted by molar-refractivity contribution is 9.10. The maximum atomic E-state index is 13.2. The Morgan fingerprint density at radius 1 is 1.15 bits per heavy atom. The summed E-state index contributed by atoms with van der Waals surface area (Å²) in [7, 11) is 3.94. The number of rotatable bonds is 9. The van der Waals surface area contributed by atoms with Gasteiger partial charge in [0.15, 0.2) is 0 Å². The summed E-state index contributed by atoms with van der Waals surface area (Å²) >= 11 is 3.44. The summed E-state index contributed by atoms with van der Waals surface area (Å²) in [5.74, 6) is -0.300. The molecule has 2 aromatic carbocycles. The van der Waals surface area contributed by atoms with Crippen LogP contribution in [0.4, 0.5) is 0 Å². The molecule has 0 aliphatic carbocycles. The Balaban J connectivity index is 2.04. The van der Waals surface area contributed by atoms with Crippen LogP contribution in [0.3, 0.4) is 0 Å². The van der Waals surface area contributed by atoms with E-state index in [2.05, 4.69) is 29.8 Å². The van der Waals surface area contributed by atoms with Crippen molar-refractivity contribution in [3.05, 3.63) is 69.2 Å². The van der Waals surface area contributed by atoms with E-state index >= 15 is 0 Å². The molecule has 0 bridgehead atoms. The number of Topliss-reactive ketones (excluding diaryl/α,β-unsaturated/α-hetero) is 1. The highest BCUT2D eigenvalue weighted by Gasteiger charge is 2.45. The number of ketones is 1. The average molecular weight is 529 g/mol. The van der Waals surface area contributed by atoms with Crippen molar-refractivity contribution in [2.75, 3.05) is 33.8 Å². The molecule has 1 aliphatic heterocycles. The molecule has 2 aromatic rings. The second-order valence-electron chi connectivity index (χ2n) is 9.38. The number of ether oxygens (including phenoxy) is 1. The van der Waals surface area contributed by atoms with Crippen LogP contribution in [0.25, 0.3) is 5.76 Å². The van der Waals surface area contributed by atoms with Gasteiger partial charge in [-0.25, -0.2) is 0 Å². The van der Waals surface area contributed by atoms with Crippen molar-refractivity contribution in [2.45, 2.75) is 33.2 Å². The van der Waals surface area contributed by atoms with Crippen molar-refractivity contribution in [3.63, 3.8) is 0 Å². The molecule has 1 aliphatic rings. The number of nitrogens with zero attached hydrogens (tertiary/aromatic N) is 2. The van der Waals surface area contributed by atoms with Crippen LogP contribution >= 0.6 is 15.9 Å². The third kappa shape index (κ3) is 5.88. The Bertz CT molecular complexity index is 1080. The minimum absolute atomic E-state index is 0.121. The average Bonchev–Trinajstić information content (AvgIpc) is 3.02. The molecule has 1 saturated heterocycles. The number of carbonyl (C=O) groups excluding carboxylic acids is 2. The molecular formula is C27H33BrN2O4. The Hall–Kier alpha value is -2.64. The van der Waals surface area contributed by atoms with Crippen LogP contribution in [0.2, 0.25) is 0 Å². The van der Waals surface area contributed by atoms with Gasteiger partial charge in [0.25, 0.3) is 11.7 Å². The third-order valence-electron chi connectivity index (χ3n) is 5.77. The maximum Gasteiger partial charge on any atom is 0.295 e. The summed E-state index contributed by atoms with van der Waals surface area (Å²) in [6, 6.07) is 12.2. The van der Waals surface area contributed by atoms with E-state index in [0.717, 1.165) is 22.1 Å². The van der Waals surface area contributed by atoms with E-state index in [1.165, 1.54) is 0 Å². The molecule has 0 radical (unpaired) electrons. The van der Waals surface area contributed by atoms with Crippen molar-refractivity contribution in [3.8, 4) is 5.75 Å². The van der Waals surface area contributed by atoms with Crippen molar-refractivity contribution < 1.29 is 19.4 Å². The zero-order valence-electron chi connectivity index (χ0n) is 20.5. The summed E-state index contributed by atoms with van der Waals surface area (Å²) in [5.41, 5.74) is 2.19. The Kier molecular flexibility index (Phi) is 8.55. The summed E-state index contributed by atoms with van der Waals surface area (Å²) in [5, 5.41) is 11.3. The molecule has 182 valence electrons. The van der Waals surface area contributed by atoms with Crippen LogP contribution in [-0.2, 0) is 9.59 Å². The van der Waals surface area contributed by atoms with E-state index in [4.69, 9.17) is 4.74 Å². The zero-order valence-corrected chi connectivity index (χ0v) is 22.1. The topological polar surface area (TPSA) is 70.1 Å². The van der Waals surface area contributed by atoms with Gasteiger partial charge in [0.1, 0.15) is 11.5 Å². The molecule has 1 amide bonds. The standard InChI is InChI=1S/C27H33BrN2O4/c1-17(2)16-34-21-11-12-22(18(3)15-21)25(31)23-24(19-7-9-20(28)10-8-19)30(27(33)26(23)32)14-6-13-29(4)5/h7-12,15,17,24,31H,6,13-14,16H2,1-5H3/b25-23+/t24-/m0/s1. The lowest BCUT2D eigenvalue weighted by Gasteiger charge is -2.26. The largest absolute Gasteiger partial charge is 0.507 e. The number of aliphatic hydroxyl groups is 1. The van der Waals surface area contributed by atoms with E-state index in [9.17, 15) is 14.7 Å². The molecule has 34 heavy (non-hydrogen) atoms. The first-order valence-corrected chi connectivity index (χ1v) is 12.3. The third-order valence-corrected chi connectivity index (χ3v) is 6.30. The molecule has 0 unspecified atom stereocenters. The number of benzene rings is 2. The summed E-state index contributed by atoms with van der Waals surface area (Å²) in [4.78, 5) is 29.9. The number of hydrogen-bond acceptors (Lipinski definition) is 5. The second-order valence-corrected chi connectivity index (χ2v) is 10.3. The van der Waals surface area contributed by atoms with Gasteiger partial charge < -0.3 is 19.6 Å². The van der Waals surface area contributed by atoms with Crippen LogP contribution in [-0.4, -0.2) is 60.4 Å². The molecule has 1 heterocycles. The van der Waals surface area contributed by atoms with Crippen molar-refractivity contribution >= 4 is 33.4 Å². The Morgan fingerprint density at radius 2 is 1.82 bits per heavy atom. The van der Waals surface area contributed by atoms with Crippen molar-refractivity contribution in [1.82, 2.24) is 9.80 Å². The first-order valence-electron chi connectivity index (χ1n) is 11.5. The lowest BCUT2D eigenvalue weighted by molar-refractivity contribution is -0.139. The predicted molar refractivity (Wildman–Crippen MR) is 138 cm³/mol. The number of halogens is 1. The minimum atomic E-state index is -0.658. The van der Waals surface area contributed by atoms with Gasteiger partial charge in [-0.05, 0) is 81.4 Å². The molecule has 3 rings (SSSR count). The van der Waals surface area contributed by atoms with Gasteiger partial charge in [-0.1, -0.05) is 41.9 Å². The number of hydrogen-bond donors (Lipinski definition) is 1. The van der Waals surface area contributed by atoms with Crippen LogP contribution in [0.1, 0.15) is 43.0 Å². The van der Waals surface area contributed by atoms with Gasteiger partial charge in [-0.15, -0.1) is 0 Å². The lowest BCUT2D eigenvalue weighted by atomic mass is 9.94. The maximum absolute atomic E-state index is 13.2. The molecule has 1 atom stereocenters. The number of carbonyl (C=O) groups is 2. The molecule has 6 nitrogen and oxygen atoms in total. The van der Waals surface area contributed by atoms with Gasteiger partial charge in [-0.2, -0.15) is 0 Å². The van der Waals surface area contributed by atoms with Crippen LogP contribution < -0.4 is 4.74 Å². The molecule has 7 heteroatoms. The predicted octanol–water partition coefficient (Wildman–Crippen LogP) is 5.17. The lowest BCUT2D eigenvalue weighted by Crippen LogP contribution is -2.32. The highest BCUT2D eigenvalue weighted by Crippen LogP contribution is 2.40. The van der Waals surface area contributed by atoms with Gasteiger partial charge in [0.2, 0.25) is 0 Å². The molecule has 1 N–H and O–H groups in total. The second kappa shape index (κ2) is 11.2. The monoisotopic (exact) mass is 528 g/mol. The van der Waals surface area contributed by atoms with Crippen molar-refractivity contribution in [2.24, 2.45) is 5.92 Å². The fraction of sp³-hybridized carbons (Fsp3) is 0.407. The quantitative estimate of drug-likeness (QED) is 0.276. The summed E-state index contributed by atoms with van der Waals surface area (Å²) in [6.07, 6.45) is 0.716. The Labute approximate surface area is 210 Å². The summed E-state index contributed by atoms with van der Waals surface area (Å²) in [6.45, 7) is 7.80. The van der Waals surface area contributed by atoms with E-state index in [1.807, 2.05) is 56.3 Å². The van der Waals surface area contributed by atoms with Crippen LogP contribution in [0.5, 0.6) is 5.75 Å². The van der Waals surface area contributed by atoms with E-state index in [0.29, 0.717) is 36.8 Å². The minimum Gasteiger partial charge on any atom is -0.507 e. The fourth-order valence-corrected chi connectivity index (χ4v) is 4.32. The van der Waals surface area contributed by atoms with Crippen molar-refractivity contribution in [1.29, 1.82) is 0 Å². The number of amides is 1. The molecule has 0 aromatic heterocycles. The molecule has 1 fully saturated rings. The fourth-order valence-electron chi connectivity index (χ4n) is 4.06. The van der Waals surface area contributed by atoms with Gasteiger partial charge in [0.05, 0.1) is 18.2 Å². The van der Waals surface area contributed by atoms with E-state index in [-0.39, 0.29) is 11.3 Å². The number of likely N-dealkylation sites (tertiary alicyclic amines) is 1. The first-order chi connectivity index (χ1) is 16.1. The van der Waals surface area contributed by atoms with Gasteiger partial charge in [-0.3, -0.25) is 9.59 Å². The first kappa shape index (κ1) is 26.0. The van der Waals surface area contributed by atoms with Crippen LogP contribution in [0.15, 0.2) is 52.5 Å². The number of aliphatic hydroxyl groups excluding tert-OH is 1. The SMILES string of the molecule is Cc1cc(OCC(C)C)ccc1/C(O)=C1\C(=O)C(=O)N(CCCN(C)C)[C@H]1c1ccc(Br)cc1. The highest BCUT2D eigenvalue weighted by atomic mass is 79.9. The molecule has 0 saturated carbocycles. The van der Waals surface area contributed by atoms with Gasteiger partial charge >= 0.3 is 0 Å². The number of aryl methyl sites for hydroxylation is 1. The smallest absolute Gasteiger partial charge is 0.295 e. The van der Waals surface area contributed by atoms with E-state index in [1.54, 1.807) is 17.0 Å². The molecular weight excluding hydrogens is 496 g/mol. The molecule has 0 spiro atoms. The zero-order chi connectivity index (χ0) is 25.0. The normalized spacial score (nSPS) is 17.8. The summed E-state index contributed by atoms with van der Waals surface area (Å²) < 4.78 is 6.69. The van der Waals surface area contributed by atoms with E-state index < -0.39 is 17.7 Å².